The lowest BCUT2D eigenvalue weighted by Gasteiger charge is -2.10. The summed E-state index contributed by atoms with van der Waals surface area (Å²) in [5, 5.41) is 2.58. The van der Waals surface area contributed by atoms with Crippen molar-refractivity contribution in [2.24, 2.45) is 0 Å². The van der Waals surface area contributed by atoms with Crippen molar-refractivity contribution in [1.29, 1.82) is 0 Å². The van der Waals surface area contributed by atoms with Crippen molar-refractivity contribution in [3.63, 3.8) is 0 Å². The zero-order chi connectivity index (χ0) is 11.6. The number of alkyl halides is 3. The number of carbonyl (C=O) groups excluding carboxylic acids is 1. The Kier molecular flexibility index (Phi) is 3.24. The first kappa shape index (κ1) is 11.8. The fourth-order valence-electron chi connectivity index (χ4n) is 1.08. The zero-order valence-corrected chi connectivity index (χ0v) is 8.41. The number of rotatable bonds is 2. The minimum Gasteiger partial charge on any atom is -0.388 e. The summed E-state index contributed by atoms with van der Waals surface area (Å²) >= 11 is 5.52. The topological polar surface area (TPSA) is 29.1 Å². The van der Waals surface area contributed by atoms with Crippen molar-refractivity contribution < 1.29 is 18.0 Å². The number of hydrogen-bond acceptors (Lipinski definition) is 2. The van der Waals surface area contributed by atoms with E-state index in [1.807, 2.05) is 0 Å². The van der Waals surface area contributed by atoms with E-state index in [4.69, 9.17) is 11.6 Å². The summed E-state index contributed by atoms with van der Waals surface area (Å²) in [5.41, 5.74) is -0.376. The molecule has 0 spiro atoms. The predicted octanol–water partition coefficient (Wildman–Crippen LogP) is 3.13. The minimum atomic E-state index is -4.89. The molecule has 82 valence electrons. The lowest BCUT2D eigenvalue weighted by molar-refractivity contribution is -0.0884. The number of Topliss-reactive ketones (excluding diaryl/α,β-unsaturated/α-hetero) is 1. The standard InChI is InChI=1S/C9H7ClF3NO/c1-14-7-3-2-5(10)4-6(7)8(15)9(11,12)13/h2-4,14H,1H3. The summed E-state index contributed by atoms with van der Waals surface area (Å²) in [6.45, 7) is 0. The van der Waals surface area contributed by atoms with Gasteiger partial charge in [0.05, 0.1) is 5.56 Å². The first-order chi connectivity index (χ1) is 6.86. The third kappa shape index (κ3) is 2.62. The monoisotopic (exact) mass is 237 g/mol. The largest absolute Gasteiger partial charge is 0.454 e. The van der Waals surface area contributed by atoms with Gasteiger partial charge in [-0.15, -0.1) is 0 Å². The molecule has 0 fully saturated rings. The lowest BCUT2D eigenvalue weighted by atomic mass is 10.1. The van der Waals surface area contributed by atoms with Gasteiger partial charge >= 0.3 is 6.18 Å². The number of benzene rings is 1. The van der Waals surface area contributed by atoms with Crippen LogP contribution < -0.4 is 5.32 Å². The summed E-state index contributed by atoms with van der Waals surface area (Å²) in [5.74, 6) is -1.91. The van der Waals surface area contributed by atoms with Gasteiger partial charge in [0, 0.05) is 17.8 Å². The molecule has 0 saturated heterocycles. The molecule has 0 heterocycles. The molecule has 1 N–H and O–H groups in total. The molecule has 15 heavy (non-hydrogen) atoms. The van der Waals surface area contributed by atoms with Crippen LogP contribution in [0, 0.1) is 0 Å². The van der Waals surface area contributed by atoms with Gasteiger partial charge in [-0.1, -0.05) is 11.6 Å². The average molecular weight is 238 g/mol. The molecule has 0 aliphatic heterocycles. The molecule has 6 heteroatoms. The molecule has 0 saturated carbocycles. The maximum Gasteiger partial charge on any atom is 0.454 e. The smallest absolute Gasteiger partial charge is 0.388 e. The summed E-state index contributed by atoms with van der Waals surface area (Å²) in [6.07, 6.45) is -4.89. The zero-order valence-electron chi connectivity index (χ0n) is 7.65. The van der Waals surface area contributed by atoms with Crippen molar-refractivity contribution in [2.75, 3.05) is 12.4 Å². The molecule has 0 radical (unpaired) electrons. The van der Waals surface area contributed by atoms with Gasteiger partial charge in [-0.05, 0) is 18.2 Å². The number of halogens is 4. The van der Waals surface area contributed by atoms with Crippen LogP contribution >= 0.6 is 11.6 Å². The van der Waals surface area contributed by atoms with E-state index < -0.39 is 17.5 Å². The van der Waals surface area contributed by atoms with E-state index >= 15 is 0 Å². The Balaban J connectivity index is 3.23. The Morgan fingerprint density at radius 2 is 2.00 bits per heavy atom. The lowest BCUT2D eigenvalue weighted by Crippen LogP contribution is -2.23. The first-order valence-corrected chi connectivity index (χ1v) is 4.33. The molecule has 1 rings (SSSR count). The van der Waals surface area contributed by atoms with Crippen LogP contribution in [0.1, 0.15) is 10.4 Å². The highest BCUT2D eigenvalue weighted by atomic mass is 35.5. The van der Waals surface area contributed by atoms with Crippen LogP contribution in [0.5, 0.6) is 0 Å². The van der Waals surface area contributed by atoms with E-state index in [9.17, 15) is 18.0 Å². The maximum atomic E-state index is 12.2. The fraction of sp³-hybridized carbons (Fsp3) is 0.222. The fourth-order valence-corrected chi connectivity index (χ4v) is 1.25. The van der Waals surface area contributed by atoms with Gasteiger partial charge in [0.25, 0.3) is 5.78 Å². The average Bonchev–Trinajstić information content (AvgIpc) is 2.15. The molecule has 0 aliphatic carbocycles. The third-order valence-electron chi connectivity index (χ3n) is 1.75. The molecule has 1 aromatic rings. The van der Waals surface area contributed by atoms with Crippen LogP contribution in [-0.4, -0.2) is 19.0 Å². The van der Waals surface area contributed by atoms with Crippen LogP contribution in [0.4, 0.5) is 18.9 Å². The van der Waals surface area contributed by atoms with Gasteiger partial charge in [-0.2, -0.15) is 13.2 Å². The normalized spacial score (nSPS) is 11.3. The van der Waals surface area contributed by atoms with Crippen molar-refractivity contribution in [1.82, 2.24) is 0 Å². The van der Waals surface area contributed by atoms with Crippen LogP contribution in [0.3, 0.4) is 0 Å². The third-order valence-corrected chi connectivity index (χ3v) is 1.99. The number of ketones is 1. The summed E-state index contributed by atoms with van der Waals surface area (Å²) in [6, 6.07) is 3.71. The van der Waals surface area contributed by atoms with E-state index in [2.05, 4.69) is 5.32 Å². The SMILES string of the molecule is CNc1ccc(Cl)cc1C(=O)C(F)(F)F. The van der Waals surface area contributed by atoms with Gasteiger partial charge in [0.2, 0.25) is 0 Å². The Morgan fingerprint density at radius 3 is 2.47 bits per heavy atom. The van der Waals surface area contributed by atoms with Crippen LogP contribution in [0.15, 0.2) is 18.2 Å². The predicted molar refractivity (Wildman–Crippen MR) is 51.4 cm³/mol. The Labute approximate surface area is 89.0 Å². The highest BCUT2D eigenvalue weighted by molar-refractivity contribution is 6.31. The molecule has 0 aromatic heterocycles. The molecule has 0 unspecified atom stereocenters. The van der Waals surface area contributed by atoms with Crippen molar-refractivity contribution >= 4 is 23.1 Å². The molecular weight excluding hydrogens is 231 g/mol. The Bertz CT molecular complexity index is 389. The maximum absolute atomic E-state index is 12.2. The van der Waals surface area contributed by atoms with E-state index in [1.54, 1.807) is 0 Å². The van der Waals surface area contributed by atoms with Crippen molar-refractivity contribution in [3.05, 3.63) is 28.8 Å². The highest BCUT2D eigenvalue weighted by Gasteiger charge is 2.40. The van der Waals surface area contributed by atoms with Gasteiger partial charge in [0.15, 0.2) is 0 Å². The second-order valence-electron chi connectivity index (χ2n) is 2.77. The number of anilines is 1. The summed E-state index contributed by atoms with van der Waals surface area (Å²) in [7, 11) is 1.43. The van der Waals surface area contributed by atoms with Gasteiger partial charge in [0.1, 0.15) is 0 Å². The van der Waals surface area contributed by atoms with Crippen molar-refractivity contribution in [3.8, 4) is 0 Å². The van der Waals surface area contributed by atoms with E-state index in [0.717, 1.165) is 6.07 Å². The molecule has 0 aliphatic rings. The molecular formula is C9H7ClF3NO. The second kappa shape index (κ2) is 4.10. The number of carbonyl (C=O) groups is 1. The Morgan fingerprint density at radius 1 is 1.40 bits per heavy atom. The highest BCUT2D eigenvalue weighted by Crippen LogP contribution is 2.28. The van der Waals surface area contributed by atoms with Crippen molar-refractivity contribution in [2.45, 2.75) is 6.18 Å². The first-order valence-electron chi connectivity index (χ1n) is 3.95. The summed E-state index contributed by atoms with van der Waals surface area (Å²) in [4.78, 5) is 11.0. The molecule has 2 nitrogen and oxygen atoms in total. The van der Waals surface area contributed by atoms with Crippen LogP contribution in [0.25, 0.3) is 0 Å². The Hall–Kier alpha value is -1.23. The second-order valence-corrected chi connectivity index (χ2v) is 3.20. The molecule has 0 atom stereocenters. The molecule has 1 aromatic carbocycles. The van der Waals surface area contributed by atoms with Gasteiger partial charge in [-0.25, -0.2) is 0 Å². The van der Waals surface area contributed by atoms with Gasteiger partial charge < -0.3 is 5.32 Å². The number of nitrogens with one attached hydrogen (secondary N) is 1. The minimum absolute atomic E-state index is 0.0848. The number of hydrogen-bond donors (Lipinski definition) is 1. The quantitative estimate of drug-likeness (QED) is 0.801. The van der Waals surface area contributed by atoms with Crippen LogP contribution in [0.2, 0.25) is 5.02 Å². The molecule has 0 amide bonds. The van der Waals surface area contributed by atoms with E-state index in [-0.39, 0.29) is 10.7 Å². The van der Waals surface area contributed by atoms with E-state index in [1.165, 1.54) is 19.2 Å². The summed E-state index contributed by atoms with van der Waals surface area (Å²) < 4.78 is 36.5. The molecule has 0 bridgehead atoms. The van der Waals surface area contributed by atoms with Gasteiger partial charge in [-0.3, -0.25) is 4.79 Å². The van der Waals surface area contributed by atoms with E-state index in [0.29, 0.717) is 0 Å². The van der Waals surface area contributed by atoms with Crippen LogP contribution in [-0.2, 0) is 0 Å².